The molecule has 0 aliphatic heterocycles. The molecule has 0 heterocycles. The Hall–Kier alpha value is -2.62. The second-order valence-corrected chi connectivity index (χ2v) is 5.06. The van der Waals surface area contributed by atoms with Crippen molar-refractivity contribution in [3.63, 3.8) is 0 Å². The van der Waals surface area contributed by atoms with Crippen molar-refractivity contribution in [1.29, 1.82) is 0 Å². The molecule has 0 aromatic heterocycles. The number of carboxylic acids is 1. The molecule has 4 nitrogen and oxygen atoms in total. The van der Waals surface area contributed by atoms with E-state index < -0.39 is 24.0 Å². The second kappa shape index (κ2) is 7.41. The number of esters is 1. The lowest BCUT2D eigenvalue weighted by Gasteiger charge is -2.24. The monoisotopic (exact) mass is 298 g/mol. The molecule has 0 unspecified atom stereocenters. The highest BCUT2D eigenvalue weighted by Crippen LogP contribution is 2.25. The van der Waals surface area contributed by atoms with Crippen LogP contribution in [0.5, 0.6) is 0 Å². The van der Waals surface area contributed by atoms with Crippen LogP contribution in [0.2, 0.25) is 0 Å². The second-order valence-electron chi connectivity index (χ2n) is 5.06. The number of benzene rings is 2. The highest BCUT2D eigenvalue weighted by molar-refractivity contribution is 5.78. The molecule has 0 fully saturated rings. The molecule has 2 aromatic rings. The lowest BCUT2D eigenvalue weighted by molar-refractivity contribution is -0.152. The van der Waals surface area contributed by atoms with Crippen molar-refractivity contribution in [3.8, 4) is 0 Å². The van der Waals surface area contributed by atoms with Gasteiger partial charge in [-0.25, -0.2) is 0 Å². The molecule has 2 rings (SSSR count). The molecular weight excluding hydrogens is 280 g/mol. The summed E-state index contributed by atoms with van der Waals surface area (Å²) in [4.78, 5) is 23.1. The Morgan fingerprint density at radius 3 is 2.05 bits per heavy atom. The first kappa shape index (κ1) is 15.8. The van der Waals surface area contributed by atoms with E-state index in [0.717, 1.165) is 5.56 Å². The van der Waals surface area contributed by atoms with Crippen LogP contribution in [-0.4, -0.2) is 23.1 Å². The maximum Gasteiger partial charge on any atom is 0.314 e. The van der Waals surface area contributed by atoms with Gasteiger partial charge in [0.05, 0.1) is 0 Å². The minimum Gasteiger partial charge on any atom is -0.481 e. The molecule has 2 aromatic carbocycles. The molecule has 0 radical (unpaired) electrons. The standard InChI is InChI=1S/C18H18O4/c1-13(19)22-16(12-14-8-4-2-5-9-14)17(18(20)21)15-10-6-3-7-11-15/h2-11,16-17H,12H2,1H3,(H,20,21)/t16-,17+/m1/s1. The van der Waals surface area contributed by atoms with Crippen molar-refractivity contribution in [3.05, 3.63) is 71.8 Å². The van der Waals surface area contributed by atoms with Gasteiger partial charge in [0.1, 0.15) is 12.0 Å². The van der Waals surface area contributed by atoms with Crippen LogP contribution < -0.4 is 0 Å². The van der Waals surface area contributed by atoms with Crippen LogP contribution in [0.15, 0.2) is 60.7 Å². The van der Waals surface area contributed by atoms with Crippen LogP contribution >= 0.6 is 0 Å². The number of hydrogen-bond donors (Lipinski definition) is 1. The van der Waals surface area contributed by atoms with Gasteiger partial charge in [0.2, 0.25) is 0 Å². The molecule has 2 atom stereocenters. The molecule has 114 valence electrons. The lowest BCUT2D eigenvalue weighted by Crippen LogP contribution is -2.32. The van der Waals surface area contributed by atoms with E-state index in [1.807, 2.05) is 36.4 Å². The Labute approximate surface area is 129 Å². The molecule has 0 saturated carbocycles. The van der Waals surface area contributed by atoms with E-state index in [1.165, 1.54) is 6.92 Å². The maximum absolute atomic E-state index is 11.7. The van der Waals surface area contributed by atoms with Crippen molar-refractivity contribution in [1.82, 2.24) is 0 Å². The Balaban J connectivity index is 2.32. The number of rotatable bonds is 6. The first-order chi connectivity index (χ1) is 10.6. The Morgan fingerprint density at radius 2 is 1.55 bits per heavy atom. The summed E-state index contributed by atoms with van der Waals surface area (Å²) in [7, 11) is 0. The van der Waals surface area contributed by atoms with E-state index in [4.69, 9.17) is 4.74 Å². The minimum absolute atomic E-state index is 0.353. The topological polar surface area (TPSA) is 63.6 Å². The summed E-state index contributed by atoms with van der Waals surface area (Å²) in [5.41, 5.74) is 1.55. The van der Waals surface area contributed by atoms with E-state index in [0.29, 0.717) is 12.0 Å². The van der Waals surface area contributed by atoms with Gasteiger partial charge in [-0.15, -0.1) is 0 Å². The average molecular weight is 298 g/mol. The first-order valence-corrected chi connectivity index (χ1v) is 7.07. The molecule has 0 bridgehead atoms. The number of carbonyl (C=O) groups excluding carboxylic acids is 1. The van der Waals surface area contributed by atoms with Gasteiger partial charge in [0.15, 0.2) is 0 Å². The van der Waals surface area contributed by atoms with Crippen molar-refractivity contribution in [2.45, 2.75) is 25.4 Å². The zero-order valence-electron chi connectivity index (χ0n) is 12.3. The van der Waals surface area contributed by atoms with E-state index in [-0.39, 0.29) is 0 Å². The summed E-state index contributed by atoms with van der Waals surface area (Å²) in [6, 6.07) is 18.3. The van der Waals surface area contributed by atoms with E-state index in [9.17, 15) is 14.7 Å². The number of carboxylic acid groups (broad SMARTS) is 1. The molecule has 22 heavy (non-hydrogen) atoms. The molecule has 0 amide bonds. The summed E-state index contributed by atoms with van der Waals surface area (Å²) in [5, 5.41) is 9.60. The predicted octanol–water partition coefficient (Wildman–Crippen LogP) is 3.03. The van der Waals surface area contributed by atoms with Gasteiger partial charge in [0, 0.05) is 13.3 Å². The third kappa shape index (κ3) is 4.19. The number of aliphatic carboxylic acids is 1. The molecule has 0 aliphatic carbocycles. The molecule has 0 spiro atoms. The van der Waals surface area contributed by atoms with E-state index in [2.05, 4.69) is 0 Å². The fourth-order valence-electron chi connectivity index (χ4n) is 2.46. The van der Waals surface area contributed by atoms with Crippen LogP contribution in [0.1, 0.15) is 24.0 Å². The van der Waals surface area contributed by atoms with Crippen LogP contribution in [0, 0.1) is 0 Å². The highest BCUT2D eigenvalue weighted by Gasteiger charge is 2.32. The first-order valence-electron chi connectivity index (χ1n) is 7.07. The molecule has 0 saturated heterocycles. The maximum atomic E-state index is 11.7. The smallest absolute Gasteiger partial charge is 0.314 e. The SMILES string of the molecule is CC(=O)O[C@H](Cc1ccccc1)[C@@H](C(=O)O)c1ccccc1. The lowest BCUT2D eigenvalue weighted by atomic mass is 9.89. The van der Waals surface area contributed by atoms with Gasteiger partial charge in [-0.3, -0.25) is 9.59 Å². The fourth-order valence-corrected chi connectivity index (χ4v) is 2.46. The third-order valence-electron chi connectivity index (χ3n) is 3.39. The fraction of sp³-hybridized carbons (Fsp3) is 0.222. The molecule has 0 aliphatic rings. The summed E-state index contributed by atoms with van der Waals surface area (Å²) in [5.74, 6) is -2.39. The van der Waals surface area contributed by atoms with Gasteiger partial charge in [0.25, 0.3) is 0 Å². The normalized spacial score (nSPS) is 13.1. The van der Waals surface area contributed by atoms with Crippen LogP contribution in [0.25, 0.3) is 0 Å². The van der Waals surface area contributed by atoms with Gasteiger partial charge >= 0.3 is 11.9 Å². The van der Waals surface area contributed by atoms with Gasteiger partial charge in [-0.2, -0.15) is 0 Å². The van der Waals surface area contributed by atoms with Crippen LogP contribution in [0.4, 0.5) is 0 Å². The summed E-state index contributed by atoms with van der Waals surface area (Å²) in [6.07, 6.45) is -0.397. The number of carbonyl (C=O) groups is 2. The van der Waals surface area contributed by atoms with Crippen LogP contribution in [0.3, 0.4) is 0 Å². The zero-order valence-corrected chi connectivity index (χ0v) is 12.3. The summed E-state index contributed by atoms with van der Waals surface area (Å²) >= 11 is 0. The quantitative estimate of drug-likeness (QED) is 0.833. The van der Waals surface area contributed by atoms with Crippen LogP contribution in [-0.2, 0) is 20.7 Å². The highest BCUT2D eigenvalue weighted by atomic mass is 16.5. The van der Waals surface area contributed by atoms with Gasteiger partial charge < -0.3 is 9.84 Å². The Kier molecular flexibility index (Phi) is 5.31. The summed E-state index contributed by atoms with van der Waals surface area (Å²) in [6.45, 7) is 1.29. The molecule has 4 heteroatoms. The largest absolute Gasteiger partial charge is 0.481 e. The van der Waals surface area contributed by atoms with Crippen molar-refractivity contribution in [2.75, 3.05) is 0 Å². The third-order valence-corrected chi connectivity index (χ3v) is 3.39. The minimum atomic E-state index is -1.01. The van der Waals surface area contributed by atoms with Gasteiger partial charge in [-0.1, -0.05) is 60.7 Å². The average Bonchev–Trinajstić information content (AvgIpc) is 2.48. The Bertz CT molecular complexity index is 622. The van der Waals surface area contributed by atoms with E-state index in [1.54, 1.807) is 24.3 Å². The summed E-state index contributed by atoms with van der Waals surface area (Å²) < 4.78 is 5.31. The van der Waals surface area contributed by atoms with Crippen molar-refractivity contribution < 1.29 is 19.4 Å². The number of hydrogen-bond acceptors (Lipinski definition) is 3. The zero-order chi connectivity index (χ0) is 15.9. The molecular formula is C18H18O4. The van der Waals surface area contributed by atoms with E-state index >= 15 is 0 Å². The van der Waals surface area contributed by atoms with Crippen molar-refractivity contribution >= 4 is 11.9 Å². The van der Waals surface area contributed by atoms with Gasteiger partial charge in [-0.05, 0) is 11.1 Å². The number of ether oxygens (including phenoxy) is 1. The predicted molar refractivity (Wildman–Crippen MR) is 82.5 cm³/mol. The molecule has 1 N–H and O–H groups in total. The Morgan fingerprint density at radius 1 is 1.00 bits per heavy atom. The van der Waals surface area contributed by atoms with Crippen molar-refractivity contribution in [2.24, 2.45) is 0 Å².